The third-order valence-corrected chi connectivity index (χ3v) is 9.90. The molecule has 0 aliphatic heterocycles. The van der Waals surface area contributed by atoms with Crippen molar-refractivity contribution in [2.75, 3.05) is 0 Å². The molecular weight excluding hydrogens is 595 g/mol. The van der Waals surface area contributed by atoms with Gasteiger partial charge in [0.1, 0.15) is 0 Å². The molecule has 10 aromatic rings. The summed E-state index contributed by atoms with van der Waals surface area (Å²) in [6, 6.07) is 57.0. The molecule has 0 fully saturated rings. The van der Waals surface area contributed by atoms with Crippen molar-refractivity contribution in [3.63, 3.8) is 0 Å². The highest BCUT2D eigenvalue weighted by atomic mass is 15.0. The number of hydrogen-bond donors (Lipinski definition) is 0. The van der Waals surface area contributed by atoms with Crippen LogP contribution in [0, 0.1) is 0 Å². The summed E-state index contributed by atoms with van der Waals surface area (Å²) in [6.07, 6.45) is 5.60. The van der Waals surface area contributed by atoms with E-state index in [1.807, 2.05) is 18.5 Å². The first-order valence-electron chi connectivity index (χ1n) is 16.7. The molecule has 3 heterocycles. The Morgan fingerprint density at radius 1 is 0.408 bits per heavy atom. The van der Waals surface area contributed by atoms with Gasteiger partial charge in [-0.05, 0) is 97.0 Å². The van der Waals surface area contributed by atoms with Crippen molar-refractivity contribution >= 4 is 54.1 Å². The molecule has 0 N–H and O–H groups in total. The molecule has 49 heavy (non-hydrogen) atoms. The van der Waals surface area contributed by atoms with Crippen LogP contribution < -0.4 is 0 Å². The molecule has 0 aliphatic carbocycles. The zero-order valence-electron chi connectivity index (χ0n) is 26.6. The van der Waals surface area contributed by atoms with E-state index in [-0.39, 0.29) is 0 Å². The molecule has 0 unspecified atom stereocenters. The molecule has 0 radical (unpaired) electrons. The lowest BCUT2D eigenvalue weighted by Gasteiger charge is -2.18. The average Bonchev–Trinajstić information content (AvgIpc) is 3.52. The Hall–Kier alpha value is -6.58. The van der Waals surface area contributed by atoms with Gasteiger partial charge in [0.2, 0.25) is 0 Å². The van der Waals surface area contributed by atoms with E-state index in [0.29, 0.717) is 0 Å². The van der Waals surface area contributed by atoms with E-state index in [9.17, 15) is 0 Å². The van der Waals surface area contributed by atoms with E-state index >= 15 is 0 Å². The molecule has 0 aliphatic rings. The fourth-order valence-electron chi connectivity index (χ4n) is 7.79. The average molecular weight is 624 g/mol. The van der Waals surface area contributed by atoms with E-state index in [1.54, 1.807) is 6.20 Å². The first kappa shape index (κ1) is 27.5. The summed E-state index contributed by atoms with van der Waals surface area (Å²) in [5.74, 6) is 0. The van der Waals surface area contributed by atoms with Crippen LogP contribution in [0.3, 0.4) is 0 Å². The van der Waals surface area contributed by atoms with Crippen molar-refractivity contribution in [1.82, 2.24) is 14.5 Å². The van der Waals surface area contributed by atoms with E-state index in [0.717, 1.165) is 33.4 Å². The molecule has 0 atom stereocenters. The van der Waals surface area contributed by atoms with Gasteiger partial charge < -0.3 is 4.57 Å². The Morgan fingerprint density at radius 2 is 1.02 bits per heavy atom. The third kappa shape index (κ3) is 4.29. The van der Waals surface area contributed by atoms with Gasteiger partial charge in [0, 0.05) is 40.6 Å². The van der Waals surface area contributed by atoms with Gasteiger partial charge in [-0.25, -0.2) is 0 Å². The minimum absolute atomic E-state index is 0.946. The maximum atomic E-state index is 4.84. The molecular formula is C46H29N3. The largest absolute Gasteiger partial charge is 0.309 e. The van der Waals surface area contributed by atoms with Gasteiger partial charge in [-0.1, -0.05) is 115 Å². The molecule has 3 nitrogen and oxygen atoms in total. The molecule has 0 saturated carbocycles. The number of hydrogen-bond acceptors (Lipinski definition) is 2. The molecule has 0 spiro atoms. The van der Waals surface area contributed by atoms with Crippen LogP contribution in [0.25, 0.3) is 93.3 Å². The van der Waals surface area contributed by atoms with Gasteiger partial charge in [0.05, 0.1) is 16.7 Å². The van der Waals surface area contributed by atoms with Crippen molar-refractivity contribution in [1.29, 1.82) is 0 Å². The van der Waals surface area contributed by atoms with Crippen molar-refractivity contribution in [2.24, 2.45) is 0 Å². The van der Waals surface area contributed by atoms with Gasteiger partial charge in [-0.2, -0.15) is 0 Å². The van der Waals surface area contributed by atoms with E-state index in [4.69, 9.17) is 4.98 Å². The highest BCUT2D eigenvalue weighted by Crippen LogP contribution is 2.44. The molecule has 0 saturated heterocycles. The molecule has 3 heteroatoms. The number of nitrogens with zero attached hydrogens (tertiary/aromatic N) is 3. The maximum Gasteiger partial charge on any atom is 0.0817 e. The SMILES string of the molecule is c1cncc(-c2nccc3c2c2ccccc2n3-c2ccc(-c3c4ccccc4c(-c4ccc5ccccc5c4)c4ccccc34)cc2)c1. The van der Waals surface area contributed by atoms with Gasteiger partial charge >= 0.3 is 0 Å². The van der Waals surface area contributed by atoms with E-state index < -0.39 is 0 Å². The minimum Gasteiger partial charge on any atom is -0.309 e. The van der Waals surface area contributed by atoms with Crippen LogP contribution in [-0.4, -0.2) is 14.5 Å². The smallest absolute Gasteiger partial charge is 0.0817 e. The summed E-state index contributed by atoms with van der Waals surface area (Å²) in [6.45, 7) is 0. The Bertz CT molecular complexity index is 2810. The summed E-state index contributed by atoms with van der Waals surface area (Å²) in [5.41, 5.74) is 10.3. The predicted octanol–water partition coefficient (Wildman–Crippen LogP) is 12.0. The highest BCUT2D eigenvalue weighted by Gasteiger charge is 2.19. The maximum absolute atomic E-state index is 4.84. The topological polar surface area (TPSA) is 30.7 Å². The van der Waals surface area contributed by atoms with Crippen LogP contribution in [0.1, 0.15) is 0 Å². The molecule has 0 amide bonds. The van der Waals surface area contributed by atoms with Gasteiger partial charge in [0.25, 0.3) is 0 Å². The number of para-hydroxylation sites is 1. The standard InChI is InChI=1S/C46H29N3/c1-2-11-32-28-33(20-19-30(32)10-1)44-38-15-5-3-13-36(38)43(37-14-4-6-16-39(37)44)31-21-23-35(24-22-31)49-41-18-8-7-17-40(41)45-42(49)25-27-48-46(45)34-12-9-26-47-29-34/h1-29H. The molecule has 3 aromatic heterocycles. The van der Waals surface area contributed by atoms with Gasteiger partial charge in [-0.15, -0.1) is 0 Å². The van der Waals surface area contributed by atoms with Crippen molar-refractivity contribution in [2.45, 2.75) is 0 Å². The van der Waals surface area contributed by atoms with Crippen LogP contribution in [-0.2, 0) is 0 Å². The number of aromatic nitrogens is 3. The van der Waals surface area contributed by atoms with Crippen LogP contribution in [0.2, 0.25) is 0 Å². The van der Waals surface area contributed by atoms with Crippen LogP contribution in [0.4, 0.5) is 0 Å². The summed E-state index contributed by atoms with van der Waals surface area (Å²) < 4.78 is 2.36. The van der Waals surface area contributed by atoms with Crippen LogP contribution in [0.5, 0.6) is 0 Å². The minimum atomic E-state index is 0.946. The van der Waals surface area contributed by atoms with Gasteiger partial charge in [0.15, 0.2) is 0 Å². The summed E-state index contributed by atoms with van der Waals surface area (Å²) in [5, 5.41) is 9.83. The predicted molar refractivity (Wildman–Crippen MR) is 205 cm³/mol. The van der Waals surface area contributed by atoms with Gasteiger partial charge in [-0.3, -0.25) is 9.97 Å². The summed E-state index contributed by atoms with van der Waals surface area (Å²) >= 11 is 0. The molecule has 10 rings (SSSR count). The first-order valence-corrected chi connectivity index (χ1v) is 16.7. The lowest BCUT2D eigenvalue weighted by atomic mass is 9.85. The monoisotopic (exact) mass is 623 g/mol. The van der Waals surface area contributed by atoms with E-state index in [1.165, 1.54) is 60.0 Å². The quantitative estimate of drug-likeness (QED) is 0.183. The number of benzene rings is 7. The fraction of sp³-hybridized carbons (Fsp3) is 0. The molecule has 7 aromatic carbocycles. The highest BCUT2D eigenvalue weighted by molar-refractivity contribution is 6.22. The van der Waals surface area contributed by atoms with Crippen molar-refractivity contribution < 1.29 is 0 Å². The van der Waals surface area contributed by atoms with Crippen molar-refractivity contribution in [3.05, 3.63) is 176 Å². The zero-order chi connectivity index (χ0) is 32.3. The number of rotatable bonds is 4. The lowest BCUT2D eigenvalue weighted by molar-refractivity contribution is 1.17. The van der Waals surface area contributed by atoms with Crippen LogP contribution in [0.15, 0.2) is 176 Å². The third-order valence-electron chi connectivity index (χ3n) is 9.90. The summed E-state index contributed by atoms with van der Waals surface area (Å²) in [4.78, 5) is 9.22. The first-order chi connectivity index (χ1) is 24.3. The number of fused-ring (bicyclic) bond motifs is 6. The second-order valence-electron chi connectivity index (χ2n) is 12.6. The second-order valence-corrected chi connectivity index (χ2v) is 12.6. The number of pyridine rings is 2. The molecule has 228 valence electrons. The van der Waals surface area contributed by atoms with E-state index in [2.05, 4.69) is 161 Å². The lowest BCUT2D eigenvalue weighted by Crippen LogP contribution is -1.95. The van der Waals surface area contributed by atoms with Crippen molar-refractivity contribution in [3.8, 4) is 39.2 Å². The summed E-state index contributed by atoms with van der Waals surface area (Å²) in [7, 11) is 0. The Balaban J connectivity index is 1.18. The zero-order valence-corrected chi connectivity index (χ0v) is 26.6. The molecule has 0 bridgehead atoms. The normalized spacial score (nSPS) is 11.7. The Kier molecular flexibility index (Phi) is 6.18. The Morgan fingerprint density at radius 3 is 1.71 bits per heavy atom. The Labute approximate surface area is 283 Å². The second kappa shape index (κ2) is 11.0. The fourth-order valence-corrected chi connectivity index (χ4v) is 7.79. The van der Waals surface area contributed by atoms with Crippen LogP contribution >= 0.6 is 0 Å².